The van der Waals surface area contributed by atoms with Crippen molar-refractivity contribution in [2.75, 3.05) is 0 Å². The van der Waals surface area contributed by atoms with Crippen LogP contribution in [0.1, 0.15) is 13.8 Å². The number of nitrogens with two attached hydrogens (primary N) is 1. The van der Waals surface area contributed by atoms with Gasteiger partial charge in [-0.15, -0.1) is 0 Å². The molecule has 0 aromatic carbocycles. The highest BCUT2D eigenvalue weighted by Crippen LogP contribution is 2.14. The van der Waals surface area contributed by atoms with Crippen molar-refractivity contribution < 1.29 is 9.59 Å². The summed E-state index contributed by atoms with van der Waals surface area (Å²) >= 11 is 0. The lowest BCUT2D eigenvalue weighted by Crippen LogP contribution is -2.21. The van der Waals surface area contributed by atoms with Gasteiger partial charge in [0.2, 0.25) is 5.78 Å². The third kappa shape index (κ3) is 1.09. The summed E-state index contributed by atoms with van der Waals surface area (Å²) in [5, 5.41) is 0. The van der Waals surface area contributed by atoms with Gasteiger partial charge in [-0.2, -0.15) is 0 Å². The van der Waals surface area contributed by atoms with Gasteiger partial charge in [0, 0.05) is 11.1 Å². The lowest BCUT2D eigenvalue weighted by molar-refractivity contribution is -0.115. The van der Waals surface area contributed by atoms with Crippen LogP contribution in [-0.4, -0.2) is 11.6 Å². The molecule has 0 radical (unpaired) electrons. The molecule has 1 rings (SSSR count). The molecule has 0 aliphatic heterocycles. The summed E-state index contributed by atoms with van der Waals surface area (Å²) in [6, 6.07) is 0. The fourth-order valence-corrected chi connectivity index (χ4v) is 0.943. The van der Waals surface area contributed by atoms with Crippen molar-refractivity contribution >= 4 is 11.6 Å². The van der Waals surface area contributed by atoms with Crippen LogP contribution >= 0.6 is 0 Å². The van der Waals surface area contributed by atoms with Crippen molar-refractivity contribution in [3.05, 3.63) is 22.9 Å². The first-order valence-electron chi connectivity index (χ1n) is 3.27. The van der Waals surface area contributed by atoms with Gasteiger partial charge in [0.1, 0.15) is 0 Å². The second-order valence-electron chi connectivity index (χ2n) is 2.56. The summed E-state index contributed by atoms with van der Waals surface area (Å²) in [7, 11) is 0. The van der Waals surface area contributed by atoms with Crippen molar-refractivity contribution in [1.82, 2.24) is 0 Å². The van der Waals surface area contributed by atoms with E-state index < -0.39 is 0 Å². The molecule has 3 heteroatoms. The van der Waals surface area contributed by atoms with Gasteiger partial charge in [0.15, 0.2) is 5.78 Å². The standard InChI is InChI=1S/C8H9NO2/c1-4-3-6(10)7(9)5(2)8(4)11/h3H,9H2,1-2H3. The summed E-state index contributed by atoms with van der Waals surface area (Å²) in [6.07, 6.45) is 1.27. The Morgan fingerprint density at radius 2 is 1.82 bits per heavy atom. The maximum absolute atomic E-state index is 11.1. The van der Waals surface area contributed by atoms with Crippen molar-refractivity contribution in [3.63, 3.8) is 0 Å². The van der Waals surface area contributed by atoms with Gasteiger partial charge in [0.25, 0.3) is 0 Å². The fourth-order valence-electron chi connectivity index (χ4n) is 0.943. The molecule has 1 aliphatic rings. The average molecular weight is 151 g/mol. The third-order valence-electron chi connectivity index (χ3n) is 1.72. The van der Waals surface area contributed by atoms with E-state index >= 15 is 0 Å². The van der Waals surface area contributed by atoms with Gasteiger partial charge in [0.05, 0.1) is 5.70 Å². The van der Waals surface area contributed by atoms with E-state index in [2.05, 4.69) is 0 Å². The molecule has 0 atom stereocenters. The molecular formula is C8H9NO2. The first kappa shape index (κ1) is 7.72. The number of hydrogen-bond acceptors (Lipinski definition) is 3. The van der Waals surface area contributed by atoms with E-state index in [1.54, 1.807) is 13.8 Å². The molecule has 58 valence electrons. The lowest BCUT2D eigenvalue weighted by Gasteiger charge is -2.09. The largest absolute Gasteiger partial charge is 0.395 e. The fraction of sp³-hybridized carbons (Fsp3) is 0.250. The normalized spacial score (nSPS) is 18.9. The first-order valence-corrected chi connectivity index (χ1v) is 3.27. The van der Waals surface area contributed by atoms with Crippen LogP contribution < -0.4 is 5.73 Å². The van der Waals surface area contributed by atoms with Crippen LogP contribution in [0.4, 0.5) is 0 Å². The quantitative estimate of drug-likeness (QED) is 0.507. The SMILES string of the molecule is CC1=CC(=O)C(N)=C(C)C1=O. The minimum Gasteiger partial charge on any atom is -0.395 e. The van der Waals surface area contributed by atoms with Crippen molar-refractivity contribution in [2.45, 2.75) is 13.8 Å². The van der Waals surface area contributed by atoms with Crippen LogP contribution in [0.5, 0.6) is 0 Å². The molecule has 0 amide bonds. The second-order valence-corrected chi connectivity index (χ2v) is 2.56. The Hall–Kier alpha value is -1.38. The van der Waals surface area contributed by atoms with E-state index in [4.69, 9.17) is 5.73 Å². The summed E-state index contributed by atoms with van der Waals surface area (Å²) in [4.78, 5) is 22.1. The molecular weight excluding hydrogens is 142 g/mol. The number of hydrogen-bond donors (Lipinski definition) is 1. The average Bonchev–Trinajstić information content (AvgIpc) is 1.97. The predicted octanol–water partition coefficient (Wildman–Crippen LogP) is 0.317. The van der Waals surface area contributed by atoms with E-state index in [1.807, 2.05) is 0 Å². The molecule has 3 nitrogen and oxygen atoms in total. The van der Waals surface area contributed by atoms with E-state index in [-0.39, 0.29) is 17.3 Å². The predicted molar refractivity (Wildman–Crippen MR) is 40.7 cm³/mol. The van der Waals surface area contributed by atoms with E-state index in [1.165, 1.54) is 6.08 Å². The van der Waals surface area contributed by atoms with Crippen molar-refractivity contribution in [2.24, 2.45) is 5.73 Å². The molecule has 0 fully saturated rings. The van der Waals surface area contributed by atoms with Gasteiger partial charge in [-0.05, 0) is 19.9 Å². The zero-order valence-corrected chi connectivity index (χ0v) is 6.47. The molecule has 0 aromatic rings. The third-order valence-corrected chi connectivity index (χ3v) is 1.72. The summed E-state index contributed by atoms with van der Waals surface area (Å²) < 4.78 is 0. The summed E-state index contributed by atoms with van der Waals surface area (Å²) in [5.41, 5.74) is 6.23. The summed E-state index contributed by atoms with van der Waals surface area (Å²) in [6.45, 7) is 3.17. The van der Waals surface area contributed by atoms with Crippen LogP contribution in [-0.2, 0) is 9.59 Å². The summed E-state index contributed by atoms with van der Waals surface area (Å²) in [5.74, 6) is -0.401. The van der Waals surface area contributed by atoms with Crippen LogP contribution in [0.2, 0.25) is 0 Å². The molecule has 11 heavy (non-hydrogen) atoms. The number of ketones is 2. The smallest absolute Gasteiger partial charge is 0.202 e. The first-order chi connectivity index (χ1) is 5.04. The minimum absolute atomic E-state index is 0.0700. The number of Topliss-reactive ketones (excluding diaryl/α,β-unsaturated/α-hetero) is 1. The Labute approximate surface area is 64.6 Å². The van der Waals surface area contributed by atoms with Gasteiger partial charge < -0.3 is 5.73 Å². The topological polar surface area (TPSA) is 60.2 Å². The molecule has 1 aliphatic carbocycles. The van der Waals surface area contributed by atoms with Crippen LogP contribution in [0.25, 0.3) is 0 Å². The van der Waals surface area contributed by atoms with Gasteiger partial charge in [-0.3, -0.25) is 9.59 Å². The Morgan fingerprint density at radius 1 is 1.27 bits per heavy atom. The minimum atomic E-state index is -0.264. The molecule has 0 saturated heterocycles. The monoisotopic (exact) mass is 151 g/mol. The molecule has 0 spiro atoms. The van der Waals surface area contributed by atoms with Gasteiger partial charge in [-0.25, -0.2) is 0 Å². The highest BCUT2D eigenvalue weighted by atomic mass is 16.1. The van der Waals surface area contributed by atoms with Gasteiger partial charge >= 0.3 is 0 Å². The second kappa shape index (κ2) is 2.34. The Morgan fingerprint density at radius 3 is 2.36 bits per heavy atom. The van der Waals surface area contributed by atoms with Crippen LogP contribution in [0.15, 0.2) is 22.9 Å². The number of rotatable bonds is 0. The van der Waals surface area contributed by atoms with Crippen molar-refractivity contribution in [1.29, 1.82) is 0 Å². The number of allylic oxidation sites excluding steroid dienone is 3. The highest BCUT2D eigenvalue weighted by Gasteiger charge is 2.20. The zero-order chi connectivity index (χ0) is 8.59. The Bertz CT molecular complexity index is 297. The van der Waals surface area contributed by atoms with E-state index in [0.717, 1.165) is 0 Å². The molecule has 0 heterocycles. The van der Waals surface area contributed by atoms with Crippen LogP contribution in [0, 0.1) is 0 Å². The molecule has 2 N–H and O–H groups in total. The number of carbonyl (C=O) groups excluding carboxylic acids is 2. The van der Waals surface area contributed by atoms with Crippen molar-refractivity contribution in [3.8, 4) is 0 Å². The molecule has 0 unspecified atom stereocenters. The maximum Gasteiger partial charge on any atom is 0.202 e. The maximum atomic E-state index is 11.1. The van der Waals surface area contributed by atoms with Gasteiger partial charge in [-0.1, -0.05) is 0 Å². The molecule has 0 bridgehead atoms. The Kier molecular flexibility index (Phi) is 1.64. The highest BCUT2D eigenvalue weighted by molar-refractivity contribution is 6.21. The zero-order valence-electron chi connectivity index (χ0n) is 6.47. The molecule has 0 aromatic heterocycles. The lowest BCUT2D eigenvalue weighted by atomic mass is 9.96. The van der Waals surface area contributed by atoms with Crippen LogP contribution in [0.3, 0.4) is 0 Å². The van der Waals surface area contributed by atoms with E-state index in [0.29, 0.717) is 11.1 Å². The number of carbonyl (C=O) groups is 2. The Balaban J connectivity index is 3.19. The van der Waals surface area contributed by atoms with E-state index in [9.17, 15) is 9.59 Å². The molecule has 0 saturated carbocycles.